The maximum absolute atomic E-state index is 11.4. The standard InChI is InChI=1S/C14H14ClN3O2/c1-18-12(15)7-16-13(18)8-20-10-4-2-9-3-5-14(19)17-11(9)6-10/h2,4,6-7H,3,5,8H2,1H3,(H,17,19). The van der Waals surface area contributed by atoms with E-state index < -0.39 is 0 Å². The Balaban J connectivity index is 1.74. The fraction of sp³-hybridized carbons (Fsp3) is 0.286. The first kappa shape index (κ1) is 13.0. The Morgan fingerprint density at radius 3 is 3.05 bits per heavy atom. The molecule has 5 nitrogen and oxygen atoms in total. The number of hydrogen-bond acceptors (Lipinski definition) is 3. The predicted molar refractivity (Wildman–Crippen MR) is 75.9 cm³/mol. The van der Waals surface area contributed by atoms with E-state index in [1.165, 1.54) is 0 Å². The third kappa shape index (κ3) is 2.49. The number of benzene rings is 1. The molecule has 0 unspecified atom stereocenters. The van der Waals surface area contributed by atoms with Gasteiger partial charge in [0, 0.05) is 25.2 Å². The number of carbonyl (C=O) groups is 1. The van der Waals surface area contributed by atoms with Crippen LogP contribution in [-0.2, 0) is 24.9 Å². The number of aromatic nitrogens is 2. The Labute approximate surface area is 121 Å². The van der Waals surface area contributed by atoms with Crippen LogP contribution in [0, 0.1) is 0 Å². The molecule has 2 aromatic rings. The molecule has 1 aromatic carbocycles. The summed E-state index contributed by atoms with van der Waals surface area (Å²) in [4.78, 5) is 15.6. The van der Waals surface area contributed by atoms with Crippen LogP contribution in [-0.4, -0.2) is 15.5 Å². The van der Waals surface area contributed by atoms with Crippen LogP contribution in [0.2, 0.25) is 5.15 Å². The summed E-state index contributed by atoms with van der Waals surface area (Å²) in [6, 6.07) is 5.73. The van der Waals surface area contributed by atoms with Gasteiger partial charge in [-0.05, 0) is 18.1 Å². The second-order valence-electron chi connectivity index (χ2n) is 4.71. The summed E-state index contributed by atoms with van der Waals surface area (Å²) in [7, 11) is 1.83. The smallest absolute Gasteiger partial charge is 0.224 e. The van der Waals surface area contributed by atoms with Gasteiger partial charge in [0.1, 0.15) is 23.3 Å². The zero-order valence-electron chi connectivity index (χ0n) is 11.0. The summed E-state index contributed by atoms with van der Waals surface area (Å²) in [6.07, 6.45) is 2.91. The van der Waals surface area contributed by atoms with E-state index in [0.717, 1.165) is 23.5 Å². The largest absolute Gasteiger partial charge is 0.486 e. The monoisotopic (exact) mass is 291 g/mol. The molecule has 104 valence electrons. The van der Waals surface area contributed by atoms with Crippen LogP contribution in [0.25, 0.3) is 0 Å². The van der Waals surface area contributed by atoms with Crippen molar-refractivity contribution in [1.82, 2.24) is 9.55 Å². The van der Waals surface area contributed by atoms with Crippen LogP contribution < -0.4 is 10.1 Å². The van der Waals surface area contributed by atoms with E-state index in [-0.39, 0.29) is 5.91 Å². The molecule has 3 rings (SSSR count). The summed E-state index contributed by atoms with van der Waals surface area (Å²) in [5.74, 6) is 1.49. The van der Waals surface area contributed by atoms with Gasteiger partial charge in [-0.15, -0.1) is 0 Å². The highest BCUT2D eigenvalue weighted by Crippen LogP contribution is 2.27. The average Bonchev–Trinajstić information content (AvgIpc) is 2.76. The number of nitrogens with one attached hydrogen (secondary N) is 1. The van der Waals surface area contributed by atoms with Crippen LogP contribution >= 0.6 is 11.6 Å². The molecule has 0 radical (unpaired) electrons. The Morgan fingerprint density at radius 2 is 2.30 bits per heavy atom. The number of fused-ring (bicyclic) bond motifs is 1. The van der Waals surface area contributed by atoms with Crippen molar-refractivity contribution in [2.24, 2.45) is 7.05 Å². The highest BCUT2D eigenvalue weighted by molar-refractivity contribution is 6.29. The summed E-state index contributed by atoms with van der Waals surface area (Å²) >= 11 is 5.92. The lowest BCUT2D eigenvalue weighted by Crippen LogP contribution is -2.18. The van der Waals surface area contributed by atoms with Gasteiger partial charge >= 0.3 is 0 Å². The van der Waals surface area contributed by atoms with Crippen molar-refractivity contribution in [3.05, 3.63) is 40.9 Å². The topological polar surface area (TPSA) is 56.1 Å². The highest BCUT2D eigenvalue weighted by Gasteiger charge is 2.15. The second kappa shape index (κ2) is 5.17. The quantitative estimate of drug-likeness (QED) is 0.945. The fourth-order valence-electron chi connectivity index (χ4n) is 2.15. The molecule has 0 aliphatic carbocycles. The predicted octanol–water partition coefficient (Wildman–Crippen LogP) is 2.54. The van der Waals surface area contributed by atoms with Crippen molar-refractivity contribution >= 4 is 23.2 Å². The van der Waals surface area contributed by atoms with Gasteiger partial charge in [0.05, 0.1) is 6.20 Å². The zero-order valence-corrected chi connectivity index (χ0v) is 11.8. The van der Waals surface area contributed by atoms with E-state index in [9.17, 15) is 4.79 Å². The van der Waals surface area contributed by atoms with Gasteiger partial charge in [-0.2, -0.15) is 0 Å². The normalized spacial score (nSPS) is 13.8. The average molecular weight is 292 g/mol. The number of amides is 1. The van der Waals surface area contributed by atoms with Gasteiger partial charge in [0.15, 0.2) is 0 Å². The molecule has 1 amide bonds. The number of ether oxygens (including phenoxy) is 1. The lowest BCUT2D eigenvalue weighted by molar-refractivity contribution is -0.116. The summed E-state index contributed by atoms with van der Waals surface area (Å²) in [5.41, 5.74) is 1.97. The van der Waals surface area contributed by atoms with E-state index in [0.29, 0.717) is 23.9 Å². The molecule has 2 heterocycles. The third-order valence-corrected chi connectivity index (χ3v) is 3.72. The minimum Gasteiger partial charge on any atom is -0.486 e. The third-order valence-electron chi connectivity index (χ3n) is 3.37. The number of imidazole rings is 1. The Kier molecular flexibility index (Phi) is 3.36. The molecule has 20 heavy (non-hydrogen) atoms. The molecular formula is C14H14ClN3O2. The van der Waals surface area contributed by atoms with Crippen molar-refractivity contribution in [2.45, 2.75) is 19.4 Å². The number of carbonyl (C=O) groups excluding carboxylic acids is 1. The SMILES string of the molecule is Cn1c(Cl)cnc1COc1ccc2c(c1)NC(=O)CC2. The fourth-order valence-corrected chi connectivity index (χ4v) is 2.29. The molecule has 1 aromatic heterocycles. The lowest BCUT2D eigenvalue weighted by Gasteiger charge is -2.17. The van der Waals surface area contributed by atoms with Crippen molar-refractivity contribution in [3.8, 4) is 5.75 Å². The summed E-state index contributed by atoms with van der Waals surface area (Å²) in [6.45, 7) is 0.329. The molecule has 0 saturated carbocycles. The molecule has 1 N–H and O–H groups in total. The molecule has 0 spiro atoms. The Morgan fingerprint density at radius 1 is 1.45 bits per heavy atom. The summed E-state index contributed by atoms with van der Waals surface area (Å²) in [5, 5.41) is 3.42. The van der Waals surface area contributed by atoms with E-state index in [4.69, 9.17) is 16.3 Å². The molecule has 0 atom stereocenters. The Hall–Kier alpha value is -2.01. The van der Waals surface area contributed by atoms with E-state index in [1.54, 1.807) is 10.8 Å². The molecule has 1 aliphatic heterocycles. The van der Waals surface area contributed by atoms with E-state index in [1.807, 2.05) is 25.2 Å². The molecule has 1 aliphatic rings. The highest BCUT2D eigenvalue weighted by atomic mass is 35.5. The van der Waals surface area contributed by atoms with Crippen LogP contribution in [0.1, 0.15) is 17.8 Å². The van der Waals surface area contributed by atoms with Crippen molar-refractivity contribution in [1.29, 1.82) is 0 Å². The first-order chi connectivity index (χ1) is 9.63. The van der Waals surface area contributed by atoms with Gasteiger partial charge in [0.25, 0.3) is 0 Å². The minimum absolute atomic E-state index is 0.0468. The molecular weight excluding hydrogens is 278 g/mol. The molecule has 0 saturated heterocycles. The van der Waals surface area contributed by atoms with Crippen LogP contribution in [0.5, 0.6) is 5.75 Å². The van der Waals surface area contributed by atoms with E-state index >= 15 is 0 Å². The number of anilines is 1. The van der Waals surface area contributed by atoms with Crippen LogP contribution in [0.3, 0.4) is 0 Å². The van der Waals surface area contributed by atoms with Crippen LogP contribution in [0.15, 0.2) is 24.4 Å². The Bertz CT molecular complexity index is 666. The first-order valence-corrected chi connectivity index (χ1v) is 6.73. The first-order valence-electron chi connectivity index (χ1n) is 6.35. The zero-order chi connectivity index (χ0) is 14.1. The maximum atomic E-state index is 11.4. The van der Waals surface area contributed by atoms with E-state index in [2.05, 4.69) is 10.3 Å². The number of rotatable bonds is 3. The molecule has 0 bridgehead atoms. The lowest BCUT2D eigenvalue weighted by atomic mass is 10.0. The number of hydrogen-bond donors (Lipinski definition) is 1. The molecule has 0 fully saturated rings. The van der Waals surface area contributed by atoms with Gasteiger partial charge in [-0.3, -0.25) is 4.79 Å². The van der Waals surface area contributed by atoms with Gasteiger partial charge in [0.2, 0.25) is 5.91 Å². The van der Waals surface area contributed by atoms with Crippen LogP contribution in [0.4, 0.5) is 5.69 Å². The second-order valence-corrected chi connectivity index (χ2v) is 5.10. The van der Waals surface area contributed by atoms with Crippen molar-refractivity contribution in [2.75, 3.05) is 5.32 Å². The minimum atomic E-state index is 0.0468. The maximum Gasteiger partial charge on any atom is 0.224 e. The number of halogens is 1. The summed E-state index contributed by atoms with van der Waals surface area (Å²) < 4.78 is 7.46. The van der Waals surface area contributed by atoms with Crippen molar-refractivity contribution in [3.63, 3.8) is 0 Å². The molecule has 6 heteroatoms. The van der Waals surface area contributed by atoms with Gasteiger partial charge in [-0.1, -0.05) is 17.7 Å². The van der Waals surface area contributed by atoms with Crippen molar-refractivity contribution < 1.29 is 9.53 Å². The van der Waals surface area contributed by atoms with Gasteiger partial charge < -0.3 is 14.6 Å². The number of aryl methyl sites for hydroxylation is 1. The van der Waals surface area contributed by atoms with Gasteiger partial charge in [-0.25, -0.2) is 4.98 Å². The number of nitrogens with zero attached hydrogens (tertiary/aromatic N) is 2.